The third-order valence-corrected chi connectivity index (χ3v) is 4.77. The van der Waals surface area contributed by atoms with Crippen molar-refractivity contribution in [1.29, 1.82) is 0 Å². The van der Waals surface area contributed by atoms with E-state index in [4.69, 9.17) is 4.74 Å². The van der Waals surface area contributed by atoms with Crippen LogP contribution in [0.5, 0.6) is 5.75 Å². The van der Waals surface area contributed by atoms with Gasteiger partial charge in [0.25, 0.3) is 0 Å². The van der Waals surface area contributed by atoms with Crippen LogP contribution in [-0.4, -0.2) is 12.4 Å². The number of methoxy groups -OCH3 is 1. The molecule has 1 nitrogen and oxygen atoms in total. The molecule has 0 heterocycles. The summed E-state index contributed by atoms with van der Waals surface area (Å²) >= 11 is 3.58. The van der Waals surface area contributed by atoms with Gasteiger partial charge in [-0.15, -0.1) is 0 Å². The molecule has 0 aliphatic heterocycles. The Labute approximate surface area is 111 Å². The Bertz CT molecular complexity index is 353. The van der Waals surface area contributed by atoms with E-state index in [9.17, 15) is 4.39 Å². The monoisotopic (exact) mass is 302 g/mol. The van der Waals surface area contributed by atoms with Crippen LogP contribution in [0.25, 0.3) is 0 Å². The lowest BCUT2D eigenvalue weighted by atomic mass is 9.79. The molecule has 0 unspecified atom stereocenters. The number of hydrogen-bond acceptors (Lipinski definition) is 1. The molecule has 0 aliphatic carbocycles. The van der Waals surface area contributed by atoms with Crippen LogP contribution in [0.2, 0.25) is 0 Å². The maximum absolute atomic E-state index is 13.6. The first-order valence-electron chi connectivity index (χ1n) is 5.99. The normalized spacial score (nSPS) is 11.6. The van der Waals surface area contributed by atoms with Crippen molar-refractivity contribution in [3.05, 3.63) is 29.6 Å². The van der Waals surface area contributed by atoms with Gasteiger partial charge in [-0.3, -0.25) is 0 Å². The number of halogens is 2. The Kier molecular flexibility index (Phi) is 5.44. The van der Waals surface area contributed by atoms with E-state index in [2.05, 4.69) is 29.8 Å². The fourth-order valence-corrected chi connectivity index (χ4v) is 2.98. The minimum atomic E-state index is -0.277. The standard InChI is InChI=1S/C14H20BrFO/c1-4-14(5-2,10-15)9-11-6-7-13(17-3)12(16)8-11/h6-8H,4-5,9-10H2,1-3H3. The molecule has 0 atom stereocenters. The van der Waals surface area contributed by atoms with Crippen molar-refractivity contribution in [3.63, 3.8) is 0 Å². The second-order valence-corrected chi connectivity index (χ2v) is 5.05. The third-order valence-electron chi connectivity index (χ3n) is 3.58. The number of alkyl halides is 1. The van der Waals surface area contributed by atoms with Crippen LogP contribution in [0.1, 0.15) is 32.3 Å². The first kappa shape index (κ1) is 14.5. The fraction of sp³-hybridized carbons (Fsp3) is 0.571. The van der Waals surface area contributed by atoms with E-state index in [0.717, 1.165) is 30.2 Å². The lowest BCUT2D eigenvalue weighted by Crippen LogP contribution is -2.23. The molecule has 17 heavy (non-hydrogen) atoms. The molecule has 1 rings (SSSR count). The highest BCUT2D eigenvalue weighted by molar-refractivity contribution is 9.09. The predicted octanol–water partition coefficient (Wildman–Crippen LogP) is 4.58. The molecule has 0 saturated carbocycles. The van der Waals surface area contributed by atoms with Gasteiger partial charge in [-0.25, -0.2) is 4.39 Å². The lowest BCUT2D eigenvalue weighted by Gasteiger charge is -2.29. The second-order valence-electron chi connectivity index (χ2n) is 4.49. The maximum Gasteiger partial charge on any atom is 0.165 e. The maximum atomic E-state index is 13.6. The average molecular weight is 303 g/mol. The number of rotatable bonds is 6. The predicted molar refractivity (Wildman–Crippen MR) is 73.5 cm³/mol. The summed E-state index contributed by atoms with van der Waals surface area (Å²) in [5.41, 5.74) is 1.26. The van der Waals surface area contributed by atoms with E-state index in [0.29, 0.717) is 5.75 Å². The minimum Gasteiger partial charge on any atom is -0.494 e. The average Bonchev–Trinajstić information content (AvgIpc) is 2.36. The van der Waals surface area contributed by atoms with Gasteiger partial charge in [0.2, 0.25) is 0 Å². The van der Waals surface area contributed by atoms with Crippen molar-refractivity contribution in [2.45, 2.75) is 33.1 Å². The van der Waals surface area contributed by atoms with Gasteiger partial charge in [-0.05, 0) is 42.4 Å². The first-order chi connectivity index (χ1) is 8.10. The lowest BCUT2D eigenvalue weighted by molar-refractivity contribution is 0.306. The van der Waals surface area contributed by atoms with Crippen molar-refractivity contribution in [2.24, 2.45) is 5.41 Å². The Balaban J connectivity index is 2.90. The van der Waals surface area contributed by atoms with Crippen LogP contribution >= 0.6 is 15.9 Å². The van der Waals surface area contributed by atoms with Crippen LogP contribution in [0, 0.1) is 11.2 Å². The third kappa shape index (κ3) is 3.44. The topological polar surface area (TPSA) is 9.23 Å². The Hall–Kier alpha value is -0.570. The molecule has 0 aromatic heterocycles. The van der Waals surface area contributed by atoms with Crippen molar-refractivity contribution in [2.75, 3.05) is 12.4 Å². The molecular weight excluding hydrogens is 283 g/mol. The molecule has 0 N–H and O–H groups in total. The molecule has 1 aromatic carbocycles. The van der Waals surface area contributed by atoms with Gasteiger partial charge < -0.3 is 4.74 Å². The number of benzene rings is 1. The van der Waals surface area contributed by atoms with Gasteiger partial charge in [-0.2, -0.15) is 0 Å². The van der Waals surface area contributed by atoms with Crippen molar-refractivity contribution >= 4 is 15.9 Å². The van der Waals surface area contributed by atoms with Gasteiger partial charge in [0, 0.05) is 5.33 Å². The molecule has 0 aliphatic rings. The first-order valence-corrected chi connectivity index (χ1v) is 7.11. The van der Waals surface area contributed by atoms with Gasteiger partial charge in [-0.1, -0.05) is 35.8 Å². The SMILES string of the molecule is CCC(CC)(CBr)Cc1ccc(OC)c(F)c1. The fourth-order valence-electron chi connectivity index (χ4n) is 1.99. The Morgan fingerprint density at radius 1 is 1.29 bits per heavy atom. The van der Waals surface area contributed by atoms with Crippen molar-refractivity contribution in [3.8, 4) is 5.75 Å². The smallest absolute Gasteiger partial charge is 0.165 e. The van der Waals surface area contributed by atoms with Crippen LogP contribution in [0.3, 0.4) is 0 Å². The highest BCUT2D eigenvalue weighted by Crippen LogP contribution is 2.33. The van der Waals surface area contributed by atoms with Gasteiger partial charge in [0.15, 0.2) is 11.6 Å². The van der Waals surface area contributed by atoms with Crippen molar-refractivity contribution in [1.82, 2.24) is 0 Å². The van der Waals surface area contributed by atoms with Crippen LogP contribution in [0.15, 0.2) is 18.2 Å². The van der Waals surface area contributed by atoms with E-state index in [1.165, 1.54) is 7.11 Å². The molecule has 96 valence electrons. The molecule has 0 amide bonds. The molecule has 0 fully saturated rings. The summed E-state index contributed by atoms with van der Waals surface area (Å²) in [7, 11) is 1.49. The van der Waals surface area contributed by atoms with Gasteiger partial charge >= 0.3 is 0 Å². The van der Waals surface area contributed by atoms with E-state index in [-0.39, 0.29) is 11.2 Å². The molecule has 0 radical (unpaired) electrons. The molecular formula is C14H20BrFO. The second kappa shape index (κ2) is 6.39. The summed E-state index contributed by atoms with van der Waals surface area (Å²) in [4.78, 5) is 0. The molecule has 0 saturated heterocycles. The Morgan fingerprint density at radius 2 is 1.94 bits per heavy atom. The van der Waals surface area contributed by atoms with Gasteiger partial charge in [0.1, 0.15) is 0 Å². The molecule has 0 spiro atoms. The summed E-state index contributed by atoms with van der Waals surface area (Å²) in [5.74, 6) is 0.0341. The van der Waals surface area contributed by atoms with Crippen molar-refractivity contribution < 1.29 is 9.13 Å². The van der Waals surface area contributed by atoms with Crippen LogP contribution in [-0.2, 0) is 6.42 Å². The van der Waals surface area contributed by atoms with Crippen LogP contribution < -0.4 is 4.74 Å². The largest absolute Gasteiger partial charge is 0.494 e. The quantitative estimate of drug-likeness (QED) is 0.699. The summed E-state index contributed by atoms with van der Waals surface area (Å²) < 4.78 is 18.5. The zero-order chi connectivity index (χ0) is 12.9. The molecule has 3 heteroatoms. The number of ether oxygens (including phenoxy) is 1. The van der Waals surface area contributed by atoms with Crippen LogP contribution in [0.4, 0.5) is 4.39 Å². The van der Waals surface area contributed by atoms with E-state index < -0.39 is 0 Å². The van der Waals surface area contributed by atoms with E-state index in [1.807, 2.05) is 6.07 Å². The van der Waals surface area contributed by atoms with E-state index >= 15 is 0 Å². The Morgan fingerprint density at radius 3 is 2.35 bits per heavy atom. The highest BCUT2D eigenvalue weighted by Gasteiger charge is 2.25. The highest BCUT2D eigenvalue weighted by atomic mass is 79.9. The minimum absolute atomic E-state index is 0.223. The summed E-state index contributed by atoms with van der Waals surface area (Å²) in [5, 5.41) is 0.945. The van der Waals surface area contributed by atoms with Gasteiger partial charge in [0.05, 0.1) is 7.11 Å². The number of hydrogen-bond donors (Lipinski definition) is 0. The molecule has 1 aromatic rings. The zero-order valence-corrected chi connectivity index (χ0v) is 12.3. The zero-order valence-electron chi connectivity index (χ0n) is 10.7. The van der Waals surface area contributed by atoms with E-state index in [1.54, 1.807) is 12.1 Å². The summed E-state index contributed by atoms with van der Waals surface area (Å²) in [6, 6.07) is 5.24. The summed E-state index contributed by atoms with van der Waals surface area (Å²) in [6.45, 7) is 4.37. The summed E-state index contributed by atoms with van der Waals surface area (Å²) in [6.07, 6.45) is 3.07. The molecule has 0 bridgehead atoms.